The van der Waals surface area contributed by atoms with E-state index in [9.17, 15) is 14.0 Å². The number of hydrogen-bond donors (Lipinski definition) is 1. The van der Waals surface area contributed by atoms with Crippen molar-refractivity contribution in [1.29, 1.82) is 0 Å². The molecule has 1 saturated carbocycles. The van der Waals surface area contributed by atoms with Gasteiger partial charge in [-0.05, 0) is 36.5 Å². The Hall–Kier alpha value is -1.91. The summed E-state index contributed by atoms with van der Waals surface area (Å²) in [5, 5.41) is 2.91. The van der Waals surface area contributed by atoms with Crippen molar-refractivity contribution in [2.24, 2.45) is 11.3 Å². The first-order valence-corrected chi connectivity index (χ1v) is 7.29. The fourth-order valence-corrected chi connectivity index (χ4v) is 3.30. The number of nitrogens with one attached hydrogen (secondary N) is 1. The standard InChI is InChI=1S/C16H19FN2O2/c1-11(20)19-6-5-16(8-13(16)10-19)15(21)18-9-12-3-2-4-14(17)7-12/h2-4,7,13H,5-6,8-10H2,1H3,(H,18,21)/t13-,16-/m1/s1. The van der Waals surface area contributed by atoms with E-state index in [0.717, 1.165) is 18.4 Å². The minimum Gasteiger partial charge on any atom is -0.352 e. The molecular formula is C16H19FN2O2. The van der Waals surface area contributed by atoms with Gasteiger partial charge in [0.05, 0.1) is 5.41 Å². The van der Waals surface area contributed by atoms with Crippen LogP contribution in [0.4, 0.5) is 4.39 Å². The van der Waals surface area contributed by atoms with Gasteiger partial charge >= 0.3 is 0 Å². The molecule has 0 radical (unpaired) electrons. The molecule has 1 N–H and O–H groups in total. The first kappa shape index (κ1) is 14.0. The Morgan fingerprint density at radius 3 is 2.95 bits per heavy atom. The van der Waals surface area contributed by atoms with E-state index < -0.39 is 0 Å². The average Bonchev–Trinajstić information content (AvgIpc) is 3.19. The molecule has 21 heavy (non-hydrogen) atoms. The van der Waals surface area contributed by atoms with Crippen LogP contribution in [-0.2, 0) is 16.1 Å². The number of amides is 2. The number of carbonyl (C=O) groups is 2. The maximum Gasteiger partial charge on any atom is 0.226 e. The molecule has 1 aromatic carbocycles. The summed E-state index contributed by atoms with van der Waals surface area (Å²) in [6, 6.07) is 6.25. The molecule has 1 heterocycles. The van der Waals surface area contributed by atoms with E-state index in [1.165, 1.54) is 12.1 Å². The molecule has 5 heteroatoms. The van der Waals surface area contributed by atoms with Crippen molar-refractivity contribution >= 4 is 11.8 Å². The molecule has 1 aliphatic carbocycles. The maximum absolute atomic E-state index is 13.1. The Morgan fingerprint density at radius 1 is 1.48 bits per heavy atom. The fourth-order valence-electron chi connectivity index (χ4n) is 3.30. The second kappa shape index (κ2) is 5.13. The maximum atomic E-state index is 13.1. The summed E-state index contributed by atoms with van der Waals surface area (Å²) in [4.78, 5) is 25.6. The third-order valence-electron chi connectivity index (χ3n) is 4.74. The molecule has 1 saturated heterocycles. The summed E-state index contributed by atoms with van der Waals surface area (Å²) in [7, 11) is 0. The minimum atomic E-state index is -0.293. The Labute approximate surface area is 123 Å². The lowest BCUT2D eigenvalue weighted by molar-refractivity contribution is -0.134. The van der Waals surface area contributed by atoms with Crippen LogP contribution in [0.5, 0.6) is 0 Å². The van der Waals surface area contributed by atoms with Gasteiger partial charge in [0.1, 0.15) is 5.82 Å². The molecule has 2 aliphatic rings. The Morgan fingerprint density at radius 2 is 2.29 bits per heavy atom. The third kappa shape index (κ3) is 2.64. The quantitative estimate of drug-likeness (QED) is 0.921. The van der Waals surface area contributed by atoms with Crippen LogP contribution >= 0.6 is 0 Å². The zero-order chi connectivity index (χ0) is 15.0. The summed E-state index contributed by atoms with van der Waals surface area (Å²) in [5.74, 6) is 0.109. The van der Waals surface area contributed by atoms with Crippen molar-refractivity contribution in [1.82, 2.24) is 10.2 Å². The van der Waals surface area contributed by atoms with Crippen LogP contribution < -0.4 is 5.32 Å². The van der Waals surface area contributed by atoms with Crippen LogP contribution in [0.2, 0.25) is 0 Å². The molecule has 3 rings (SSSR count). The van der Waals surface area contributed by atoms with Crippen molar-refractivity contribution in [3.05, 3.63) is 35.6 Å². The smallest absolute Gasteiger partial charge is 0.226 e. The van der Waals surface area contributed by atoms with Gasteiger partial charge in [-0.3, -0.25) is 9.59 Å². The van der Waals surface area contributed by atoms with Crippen molar-refractivity contribution < 1.29 is 14.0 Å². The molecule has 0 unspecified atom stereocenters. The highest BCUT2D eigenvalue weighted by Gasteiger charge is 2.61. The molecule has 1 aromatic rings. The fraction of sp³-hybridized carbons (Fsp3) is 0.500. The molecule has 2 atom stereocenters. The molecule has 1 aliphatic heterocycles. The van der Waals surface area contributed by atoms with Gasteiger partial charge < -0.3 is 10.2 Å². The number of nitrogens with zero attached hydrogens (tertiary/aromatic N) is 1. The summed E-state index contributed by atoms with van der Waals surface area (Å²) in [6.45, 7) is 3.25. The van der Waals surface area contributed by atoms with Gasteiger partial charge in [-0.15, -0.1) is 0 Å². The predicted octanol–water partition coefficient (Wildman–Crippen LogP) is 1.70. The number of hydrogen-bond acceptors (Lipinski definition) is 2. The van der Waals surface area contributed by atoms with Crippen molar-refractivity contribution in [3.8, 4) is 0 Å². The van der Waals surface area contributed by atoms with Crippen molar-refractivity contribution in [2.45, 2.75) is 26.3 Å². The van der Waals surface area contributed by atoms with E-state index in [1.807, 2.05) is 4.90 Å². The summed E-state index contributed by atoms with van der Waals surface area (Å²) < 4.78 is 13.1. The zero-order valence-corrected chi connectivity index (χ0v) is 12.1. The van der Waals surface area contributed by atoms with Gasteiger partial charge in [0.25, 0.3) is 0 Å². The molecule has 0 spiro atoms. The molecule has 0 bridgehead atoms. The van der Waals surface area contributed by atoms with Gasteiger partial charge in [0.2, 0.25) is 11.8 Å². The number of fused-ring (bicyclic) bond motifs is 1. The van der Waals surface area contributed by atoms with Gasteiger partial charge in [-0.1, -0.05) is 12.1 Å². The zero-order valence-electron chi connectivity index (χ0n) is 12.1. The number of benzene rings is 1. The highest BCUT2D eigenvalue weighted by atomic mass is 19.1. The first-order valence-electron chi connectivity index (χ1n) is 7.29. The van der Waals surface area contributed by atoms with Gasteiger partial charge in [-0.2, -0.15) is 0 Å². The van der Waals surface area contributed by atoms with E-state index in [-0.39, 0.29) is 29.0 Å². The molecule has 0 aromatic heterocycles. The molecule has 112 valence electrons. The van der Waals surface area contributed by atoms with Crippen LogP contribution in [0.15, 0.2) is 24.3 Å². The highest BCUT2D eigenvalue weighted by molar-refractivity contribution is 5.86. The minimum absolute atomic E-state index is 0.0416. The normalized spacial score (nSPS) is 27.0. The monoisotopic (exact) mass is 290 g/mol. The average molecular weight is 290 g/mol. The van der Waals surface area contributed by atoms with E-state index >= 15 is 0 Å². The molecular weight excluding hydrogens is 271 g/mol. The summed E-state index contributed by atoms with van der Waals surface area (Å²) in [5.41, 5.74) is 0.470. The third-order valence-corrected chi connectivity index (χ3v) is 4.74. The lowest BCUT2D eigenvalue weighted by atomic mass is 9.94. The van der Waals surface area contributed by atoms with E-state index in [4.69, 9.17) is 0 Å². The number of halogens is 1. The number of piperidine rings is 1. The number of likely N-dealkylation sites (tertiary alicyclic amines) is 1. The Balaban J connectivity index is 1.57. The van der Waals surface area contributed by atoms with Crippen LogP contribution in [0, 0.1) is 17.2 Å². The van der Waals surface area contributed by atoms with Crippen LogP contribution in [0.1, 0.15) is 25.3 Å². The number of rotatable bonds is 3. The second-order valence-electron chi connectivity index (χ2n) is 6.08. The predicted molar refractivity (Wildman–Crippen MR) is 75.7 cm³/mol. The van der Waals surface area contributed by atoms with E-state index in [2.05, 4.69) is 5.32 Å². The summed E-state index contributed by atoms with van der Waals surface area (Å²) >= 11 is 0. The molecule has 4 nitrogen and oxygen atoms in total. The second-order valence-corrected chi connectivity index (χ2v) is 6.08. The SMILES string of the molecule is CC(=O)N1CC[C@@]2(C(=O)NCc3cccc(F)c3)C[C@@H]2C1. The lowest BCUT2D eigenvalue weighted by Gasteiger charge is -2.30. The Kier molecular flexibility index (Phi) is 3.43. The van der Waals surface area contributed by atoms with Gasteiger partial charge in [0.15, 0.2) is 0 Å². The highest BCUT2D eigenvalue weighted by Crippen LogP contribution is 2.58. The largest absolute Gasteiger partial charge is 0.352 e. The van der Waals surface area contributed by atoms with Crippen LogP contribution in [0.25, 0.3) is 0 Å². The van der Waals surface area contributed by atoms with Crippen molar-refractivity contribution in [2.75, 3.05) is 13.1 Å². The molecule has 2 fully saturated rings. The van der Waals surface area contributed by atoms with Gasteiger partial charge in [-0.25, -0.2) is 4.39 Å². The summed E-state index contributed by atoms with van der Waals surface area (Å²) in [6.07, 6.45) is 1.58. The van der Waals surface area contributed by atoms with E-state index in [0.29, 0.717) is 19.6 Å². The van der Waals surface area contributed by atoms with Crippen LogP contribution in [-0.4, -0.2) is 29.8 Å². The Bertz CT molecular complexity index is 589. The lowest BCUT2D eigenvalue weighted by Crippen LogP contribution is -2.43. The molecule has 2 amide bonds. The first-order chi connectivity index (χ1) is 10.0. The van der Waals surface area contributed by atoms with Crippen LogP contribution in [0.3, 0.4) is 0 Å². The topological polar surface area (TPSA) is 49.4 Å². The van der Waals surface area contributed by atoms with Gasteiger partial charge in [0, 0.05) is 26.6 Å². The van der Waals surface area contributed by atoms with Crippen molar-refractivity contribution in [3.63, 3.8) is 0 Å². The van der Waals surface area contributed by atoms with E-state index in [1.54, 1.807) is 19.1 Å². The number of carbonyl (C=O) groups excluding carboxylic acids is 2.